The van der Waals surface area contributed by atoms with E-state index in [0.717, 1.165) is 29.1 Å². The molecule has 0 saturated carbocycles. The van der Waals surface area contributed by atoms with Gasteiger partial charge in [-0.1, -0.05) is 36.7 Å². The molecule has 3 aromatic rings. The number of fused-ring (bicyclic) bond motifs is 1. The van der Waals surface area contributed by atoms with Crippen LogP contribution in [0.15, 0.2) is 54.7 Å². The van der Waals surface area contributed by atoms with Crippen molar-refractivity contribution in [3.05, 3.63) is 71.1 Å². The Labute approximate surface area is 157 Å². The van der Waals surface area contributed by atoms with E-state index in [4.69, 9.17) is 16.3 Å². The van der Waals surface area contributed by atoms with Gasteiger partial charge < -0.3 is 10.1 Å². The van der Waals surface area contributed by atoms with Crippen LogP contribution in [0.2, 0.25) is 5.15 Å². The smallest absolute Gasteiger partial charge is 0.244 e. The molecule has 0 fully saturated rings. The molecule has 26 heavy (non-hydrogen) atoms. The summed E-state index contributed by atoms with van der Waals surface area (Å²) in [5.41, 5.74) is 2.43. The molecule has 3 rings (SSSR count). The number of hydrogen-bond acceptors (Lipinski definition) is 3. The summed E-state index contributed by atoms with van der Waals surface area (Å²) >= 11 is 6.11. The number of pyridine rings is 1. The molecule has 0 radical (unpaired) electrons. The van der Waals surface area contributed by atoms with Gasteiger partial charge in [-0.05, 0) is 42.3 Å². The second kappa shape index (κ2) is 8.54. The summed E-state index contributed by atoms with van der Waals surface area (Å²) in [5, 5.41) is 3.40. The Morgan fingerprint density at radius 2 is 2.08 bits per heavy atom. The number of halogens is 1. The predicted molar refractivity (Wildman–Crippen MR) is 103 cm³/mol. The molecule has 1 aromatic carbocycles. The molecule has 0 atom stereocenters. The summed E-state index contributed by atoms with van der Waals surface area (Å²) in [7, 11) is 0. The summed E-state index contributed by atoms with van der Waals surface area (Å²) in [6, 6.07) is 13.1. The highest BCUT2D eigenvalue weighted by Crippen LogP contribution is 2.14. The first kappa shape index (κ1) is 18.0. The molecule has 0 unspecified atom stereocenters. The van der Waals surface area contributed by atoms with Gasteiger partial charge in [0.1, 0.15) is 16.5 Å². The Hall–Kier alpha value is -2.79. The van der Waals surface area contributed by atoms with E-state index in [1.807, 2.05) is 42.6 Å². The van der Waals surface area contributed by atoms with Crippen LogP contribution in [-0.2, 0) is 11.3 Å². The van der Waals surface area contributed by atoms with Crippen LogP contribution in [0.5, 0.6) is 5.75 Å². The Balaban J connectivity index is 1.54. The number of amides is 1. The maximum atomic E-state index is 12.0. The van der Waals surface area contributed by atoms with E-state index in [0.29, 0.717) is 18.3 Å². The fourth-order valence-corrected chi connectivity index (χ4v) is 2.62. The normalized spacial score (nSPS) is 11.2. The standard InChI is InChI=1S/C20H20ClN3O2/c1-2-12-26-17-9-6-15(7-10-17)8-11-20(25)22-13-16-14-24-18(21)4-3-5-19(24)23-16/h3-11,14H,2,12-13H2,1H3,(H,22,25)/b11-8+. The number of carbonyl (C=O) groups excluding carboxylic acids is 1. The van der Waals surface area contributed by atoms with Crippen molar-refractivity contribution in [3.63, 3.8) is 0 Å². The fraction of sp³-hybridized carbons (Fsp3) is 0.200. The molecule has 6 heteroatoms. The van der Waals surface area contributed by atoms with Crippen molar-refractivity contribution in [3.8, 4) is 5.75 Å². The van der Waals surface area contributed by atoms with Crippen molar-refractivity contribution < 1.29 is 9.53 Å². The number of ether oxygens (including phenoxy) is 1. The lowest BCUT2D eigenvalue weighted by Gasteiger charge is -2.04. The van der Waals surface area contributed by atoms with E-state index in [1.165, 1.54) is 6.08 Å². The van der Waals surface area contributed by atoms with Crippen LogP contribution in [-0.4, -0.2) is 21.9 Å². The number of benzene rings is 1. The van der Waals surface area contributed by atoms with Crippen molar-refractivity contribution in [1.29, 1.82) is 0 Å². The van der Waals surface area contributed by atoms with E-state index < -0.39 is 0 Å². The van der Waals surface area contributed by atoms with Crippen molar-refractivity contribution in [2.45, 2.75) is 19.9 Å². The summed E-state index contributed by atoms with van der Waals surface area (Å²) < 4.78 is 7.31. The average molecular weight is 370 g/mol. The van der Waals surface area contributed by atoms with Gasteiger partial charge in [0.25, 0.3) is 0 Å². The minimum atomic E-state index is -0.181. The number of carbonyl (C=O) groups is 1. The highest BCUT2D eigenvalue weighted by Gasteiger charge is 2.04. The number of aromatic nitrogens is 2. The van der Waals surface area contributed by atoms with Crippen LogP contribution in [0.1, 0.15) is 24.6 Å². The second-order valence-electron chi connectivity index (χ2n) is 5.78. The van der Waals surface area contributed by atoms with Gasteiger partial charge in [-0.2, -0.15) is 0 Å². The molecule has 1 amide bonds. The molecular weight excluding hydrogens is 350 g/mol. The summed E-state index contributed by atoms with van der Waals surface area (Å²) in [5.74, 6) is 0.651. The highest BCUT2D eigenvalue weighted by atomic mass is 35.5. The van der Waals surface area contributed by atoms with Crippen LogP contribution in [0.4, 0.5) is 0 Å². The fourth-order valence-electron chi connectivity index (χ4n) is 2.42. The predicted octanol–water partition coefficient (Wildman–Crippen LogP) is 4.11. The van der Waals surface area contributed by atoms with E-state index in [2.05, 4.69) is 17.2 Å². The summed E-state index contributed by atoms with van der Waals surface area (Å²) in [6.45, 7) is 3.10. The monoisotopic (exact) mass is 369 g/mol. The van der Waals surface area contributed by atoms with Crippen molar-refractivity contribution in [2.75, 3.05) is 6.61 Å². The number of hydrogen-bond donors (Lipinski definition) is 1. The molecule has 0 bridgehead atoms. The lowest BCUT2D eigenvalue weighted by molar-refractivity contribution is -0.116. The minimum Gasteiger partial charge on any atom is -0.494 e. The van der Waals surface area contributed by atoms with Gasteiger partial charge in [0.05, 0.1) is 18.8 Å². The molecule has 1 N–H and O–H groups in total. The summed E-state index contributed by atoms with van der Waals surface area (Å²) in [4.78, 5) is 16.4. The first-order valence-corrected chi connectivity index (χ1v) is 8.85. The number of nitrogens with one attached hydrogen (secondary N) is 1. The van der Waals surface area contributed by atoms with Crippen LogP contribution >= 0.6 is 11.6 Å². The SMILES string of the molecule is CCCOc1ccc(/C=C/C(=O)NCc2cn3c(Cl)cccc3n2)cc1. The van der Waals surface area contributed by atoms with Gasteiger partial charge >= 0.3 is 0 Å². The zero-order valence-electron chi connectivity index (χ0n) is 14.5. The zero-order chi connectivity index (χ0) is 18.4. The maximum Gasteiger partial charge on any atom is 0.244 e. The minimum absolute atomic E-state index is 0.181. The van der Waals surface area contributed by atoms with E-state index in [1.54, 1.807) is 16.5 Å². The van der Waals surface area contributed by atoms with E-state index >= 15 is 0 Å². The van der Waals surface area contributed by atoms with Gasteiger partial charge in [0.2, 0.25) is 5.91 Å². The molecule has 0 aliphatic rings. The molecule has 0 aliphatic carbocycles. The highest BCUT2D eigenvalue weighted by molar-refractivity contribution is 6.29. The third-order valence-corrected chi connectivity index (χ3v) is 4.02. The molecule has 5 nitrogen and oxygen atoms in total. The van der Waals surface area contributed by atoms with Crippen molar-refractivity contribution in [2.24, 2.45) is 0 Å². The number of nitrogens with zero attached hydrogens (tertiary/aromatic N) is 2. The topological polar surface area (TPSA) is 55.6 Å². The molecule has 134 valence electrons. The quantitative estimate of drug-likeness (QED) is 0.503. The Morgan fingerprint density at radius 3 is 2.81 bits per heavy atom. The largest absolute Gasteiger partial charge is 0.494 e. The van der Waals surface area contributed by atoms with Gasteiger partial charge in [0, 0.05) is 12.3 Å². The van der Waals surface area contributed by atoms with E-state index in [9.17, 15) is 4.79 Å². The van der Waals surface area contributed by atoms with Crippen LogP contribution in [0, 0.1) is 0 Å². The van der Waals surface area contributed by atoms with Gasteiger partial charge in [-0.15, -0.1) is 0 Å². The summed E-state index contributed by atoms with van der Waals surface area (Å²) in [6.07, 6.45) is 6.06. The van der Waals surface area contributed by atoms with Crippen LogP contribution in [0.25, 0.3) is 11.7 Å². The third-order valence-electron chi connectivity index (χ3n) is 3.72. The maximum absolute atomic E-state index is 12.0. The lowest BCUT2D eigenvalue weighted by Crippen LogP contribution is -2.20. The molecule has 0 spiro atoms. The van der Waals surface area contributed by atoms with Crippen molar-refractivity contribution in [1.82, 2.24) is 14.7 Å². The first-order valence-electron chi connectivity index (χ1n) is 8.47. The third kappa shape index (κ3) is 4.64. The first-order chi connectivity index (χ1) is 12.7. The average Bonchev–Trinajstić information content (AvgIpc) is 3.08. The molecule has 2 aromatic heterocycles. The van der Waals surface area contributed by atoms with Crippen molar-refractivity contribution >= 4 is 29.2 Å². The van der Waals surface area contributed by atoms with Crippen LogP contribution < -0.4 is 10.1 Å². The lowest BCUT2D eigenvalue weighted by atomic mass is 10.2. The molecule has 0 saturated heterocycles. The number of imidazole rings is 1. The molecule has 2 heterocycles. The zero-order valence-corrected chi connectivity index (χ0v) is 15.2. The van der Waals surface area contributed by atoms with Gasteiger partial charge in [0.15, 0.2) is 0 Å². The van der Waals surface area contributed by atoms with E-state index in [-0.39, 0.29) is 5.91 Å². The number of rotatable bonds is 7. The van der Waals surface area contributed by atoms with Gasteiger partial charge in [-0.25, -0.2) is 4.98 Å². The Kier molecular flexibility index (Phi) is 5.92. The van der Waals surface area contributed by atoms with Gasteiger partial charge in [-0.3, -0.25) is 9.20 Å². The molecular formula is C20H20ClN3O2. The second-order valence-corrected chi connectivity index (χ2v) is 6.16. The Morgan fingerprint density at radius 1 is 1.27 bits per heavy atom. The van der Waals surface area contributed by atoms with Crippen LogP contribution in [0.3, 0.4) is 0 Å². The molecule has 0 aliphatic heterocycles. The Bertz CT molecular complexity index is 916.